The van der Waals surface area contributed by atoms with Gasteiger partial charge in [-0.3, -0.25) is 14.7 Å². The first-order valence-electron chi connectivity index (χ1n) is 10.3. The molecular weight excluding hydrogens is 348 g/mol. The standard InChI is InChI=1S/C23H28N4O/c1-26(2)20-8-4-3-7-18(20)22(28)23-19(17-6-5-11-24-14-17)15-25-21(23)16-9-12-27(23)13-10-16/h3-8,11,14,16,19,21,25H,9-10,12-13,15H2,1-2H3. The van der Waals surface area contributed by atoms with E-state index in [9.17, 15) is 4.79 Å². The van der Waals surface area contributed by atoms with Crippen LogP contribution in [0, 0.1) is 5.92 Å². The van der Waals surface area contributed by atoms with Gasteiger partial charge in [-0.2, -0.15) is 0 Å². The molecule has 3 unspecified atom stereocenters. The Morgan fingerprint density at radius 2 is 1.96 bits per heavy atom. The van der Waals surface area contributed by atoms with E-state index in [0.717, 1.165) is 30.9 Å². The first-order valence-corrected chi connectivity index (χ1v) is 10.3. The van der Waals surface area contributed by atoms with E-state index in [1.165, 1.54) is 18.4 Å². The van der Waals surface area contributed by atoms with Crippen molar-refractivity contribution in [2.45, 2.75) is 30.3 Å². The molecule has 3 atom stereocenters. The Morgan fingerprint density at radius 1 is 1.18 bits per heavy atom. The Hall–Kier alpha value is -2.24. The van der Waals surface area contributed by atoms with Gasteiger partial charge in [0.25, 0.3) is 0 Å². The molecule has 1 aromatic carbocycles. The second-order valence-electron chi connectivity index (χ2n) is 8.62. The first-order chi connectivity index (χ1) is 13.6. The number of ketones is 1. The summed E-state index contributed by atoms with van der Waals surface area (Å²) in [6.07, 6.45) is 6.13. The minimum Gasteiger partial charge on any atom is -0.377 e. The van der Waals surface area contributed by atoms with Gasteiger partial charge in [-0.15, -0.1) is 0 Å². The van der Waals surface area contributed by atoms with E-state index in [1.54, 1.807) is 0 Å². The van der Waals surface area contributed by atoms with Crippen molar-refractivity contribution in [2.75, 3.05) is 38.6 Å². The minimum absolute atomic E-state index is 0.122. The van der Waals surface area contributed by atoms with Gasteiger partial charge in [-0.05, 0) is 55.6 Å². The number of anilines is 1. The highest BCUT2D eigenvalue weighted by molar-refractivity contribution is 6.09. The van der Waals surface area contributed by atoms with Crippen LogP contribution in [0.5, 0.6) is 0 Å². The van der Waals surface area contributed by atoms with Crippen LogP contribution in [0.15, 0.2) is 48.8 Å². The molecule has 28 heavy (non-hydrogen) atoms. The Bertz CT molecular complexity index is 875. The van der Waals surface area contributed by atoms with E-state index < -0.39 is 5.54 Å². The van der Waals surface area contributed by atoms with Crippen molar-refractivity contribution in [3.05, 3.63) is 59.9 Å². The minimum atomic E-state index is -0.518. The van der Waals surface area contributed by atoms with Gasteiger partial charge >= 0.3 is 0 Å². The van der Waals surface area contributed by atoms with E-state index in [2.05, 4.69) is 32.2 Å². The summed E-state index contributed by atoms with van der Waals surface area (Å²) in [7, 11) is 4.03. The van der Waals surface area contributed by atoms with E-state index in [4.69, 9.17) is 0 Å². The van der Waals surface area contributed by atoms with Gasteiger partial charge < -0.3 is 10.2 Å². The highest BCUT2D eigenvalue weighted by atomic mass is 16.1. The van der Waals surface area contributed by atoms with Gasteiger partial charge in [-0.1, -0.05) is 18.2 Å². The lowest BCUT2D eigenvalue weighted by Crippen LogP contribution is -2.72. The number of hydrogen-bond donors (Lipinski definition) is 1. The first kappa shape index (κ1) is 17.8. The lowest BCUT2D eigenvalue weighted by Gasteiger charge is -2.57. The number of Topliss-reactive ketones (excluding diaryl/α,β-unsaturated/α-hetero) is 1. The van der Waals surface area contributed by atoms with Crippen LogP contribution in [0.1, 0.15) is 34.7 Å². The maximum atomic E-state index is 14.4. The van der Waals surface area contributed by atoms with Gasteiger partial charge in [0, 0.05) is 56.2 Å². The van der Waals surface area contributed by atoms with Gasteiger partial charge in [0.05, 0.1) is 0 Å². The highest BCUT2D eigenvalue weighted by Crippen LogP contribution is 2.52. The molecule has 1 N–H and O–H groups in total. The summed E-state index contributed by atoms with van der Waals surface area (Å²) in [5, 5.41) is 3.77. The molecule has 4 aliphatic heterocycles. The van der Waals surface area contributed by atoms with Crippen molar-refractivity contribution < 1.29 is 4.79 Å². The molecule has 146 valence electrons. The van der Waals surface area contributed by atoms with Crippen LogP contribution < -0.4 is 10.2 Å². The third-order valence-electron chi connectivity index (χ3n) is 7.16. The largest absolute Gasteiger partial charge is 0.377 e. The summed E-state index contributed by atoms with van der Waals surface area (Å²) in [5.41, 5.74) is 2.49. The van der Waals surface area contributed by atoms with Crippen LogP contribution in [-0.2, 0) is 0 Å². The lowest BCUT2D eigenvalue weighted by molar-refractivity contribution is -0.0312. The lowest BCUT2D eigenvalue weighted by atomic mass is 9.62. The Kier molecular flexibility index (Phi) is 4.25. The van der Waals surface area contributed by atoms with E-state index in [1.807, 2.05) is 50.8 Å². The molecule has 0 spiro atoms. The van der Waals surface area contributed by atoms with Crippen LogP contribution >= 0.6 is 0 Å². The molecular formula is C23H28N4O. The number of hydrogen-bond acceptors (Lipinski definition) is 5. The number of carbonyl (C=O) groups excluding carboxylic acids is 1. The van der Waals surface area contributed by atoms with Crippen molar-refractivity contribution in [1.29, 1.82) is 0 Å². The topological polar surface area (TPSA) is 48.5 Å². The average Bonchev–Trinajstić information content (AvgIpc) is 3.18. The molecule has 5 nitrogen and oxygen atoms in total. The fourth-order valence-corrected chi connectivity index (χ4v) is 5.99. The number of para-hydroxylation sites is 1. The number of piperidine rings is 3. The third kappa shape index (κ3) is 2.39. The molecule has 0 saturated carbocycles. The number of aromatic nitrogens is 1. The fourth-order valence-electron chi connectivity index (χ4n) is 5.99. The number of carbonyl (C=O) groups is 1. The molecule has 2 aromatic rings. The number of fused-ring (bicyclic) bond motifs is 2. The summed E-state index contributed by atoms with van der Waals surface area (Å²) in [6, 6.07) is 12.4. The molecule has 5 heteroatoms. The van der Waals surface area contributed by atoms with Crippen LogP contribution in [0.2, 0.25) is 0 Å². The van der Waals surface area contributed by atoms with Gasteiger partial charge in [0.1, 0.15) is 5.54 Å². The maximum absolute atomic E-state index is 14.4. The Morgan fingerprint density at radius 3 is 2.68 bits per heavy atom. The predicted octanol–water partition coefficient (Wildman–Crippen LogP) is 2.55. The smallest absolute Gasteiger partial charge is 0.187 e. The van der Waals surface area contributed by atoms with Gasteiger partial charge in [0.15, 0.2) is 5.78 Å². The molecule has 4 fully saturated rings. The van der Waals surface area contributed by atoms with E-state index >= 15 is 0 Å². The van der Waals surface area contributed by atoms with Crippen molar-refractivity contribution in [2.24, 2.45) is 5.92 Å². The quantitative estimate of drug-likeness (QED) is 0.831. The predicted molar refractivity (Wildman–Crippen MR) is 111 cm³/mol. The monoisotopic (exact) mass is 376 g/mol. The van der Waals surface area contributed by atoms with E-state index in [-0.39, 0.29) is 17.7 Å². The van der Waals surface area contributed by atoms with Crippen LogP contribution in [0.3, 0.4) is 0 Å². The zero-order chi connectivity index (χ0) is 19.3. The number of nitrogens with one attached hydrogen (secondary N) is 1. The second kappa shape index (κ2) is 6.68. The molecule has 2 bridgehead atoms. The third-order valence-corrected chi connectivity index (χ3v) is 7.16. The SMILES string of the molecule is CN(C)c1ccccc1C(=O)C12C(c3cccnc3)CNC1C1CCN2CC1. The molecule has 6 rings (SSSR count). The molecule has 0 aliphatic carbocycles. The van der Waals surface area contributed by atoms with E-state index in [0.29, 0.717) is 5.92 Å². The summed E-state index contributed by atoms with van der Waals surface area (Å²) in [6.45, 7) is 2.85. The maximum Gasteiger partial charge on any atom is 0.187 e. The van der Waals surface area contributed by atoms with Crippen molar-refractivity contribution >= 4 is 11.5 Å². The number of benzene rings is 1. The molecule has 0 amide bonds. The molecule has 0 radical (unpaired) electrons. The fraction of sp³-hybridized carbons (Fsp3) is 0.478. The highest BCUT2D eigenvalue weighted by Gasteiger charge is 2.65. The summed E-state index contributed by atoms with van der Waals surface area (Å²) >= 11 is 0. The Labute approximate surface area is 166 Å². The molecule has 5 heterocycles. The summed E-state index contributed by atoms with van der Waals surface area (Å²) < 4.78 is 0. The average molecular weight is 377 g/mol. The number of pyridine rings is 1. The zero-order valence-corrected chi connectivity index (χ0v) is 16.6. The number of nitrogens with zero attached hydrogens (tertiary/aromatic N) is 3. The van der Waals surface area contributed by atoms with Crippen molar-refractivity contribution in [1.82, 2.24) is 15.2 Å². The molecule has 4 saturated heterocycles. The van der Waals surface area contributed by atoms with Crippen molar-refractivity contribution in [3.8, 4) is 0 Å². The second-order valence-corrected chi connectivity index (χ2v) is 8.62. The number of rotatable bonds is 4. The normalized spacial score (nSPS) is 33.5. The summed E-state index contributed by atoms with van der Waals surface area (Å²) in [4.78, 5) is 23.3. The molecule has 1 aromatic heterocycles. The Balaban J connectivity index is 1.69. The van der Waals surface area contributed by atoms with Crippen LogP contribution in [-0.4, -0.2) is 61.0 Å². The van der Waals surface area contributed by atoms with Crippen LogP contribution in [0.4, 0.5) is 5.69 Å². The van der Waals surface area contributed by atoms with Crippen LogP contribution in [0.25, 0.3) is 0 Å². The van der Waals surface area contributed by atoms with Crippen molar-refractivity contribution in [3.63, 3.8) is 0 Å². The van der Waals surface area contributed by atoms with Gasteiger partial charge in [0.2, 0.25) is 0 Å². The molecule has 4 aliphatic rings. The summed E-state index contributed by atoms with van der Waals surface area (Å²) in [5.74, 6) is 0.962. The van der Waals surface area contributed by atoms with Gasteiger partial charge in [-0.25, -0.2) is 0 Å². The zero-order valence-electron chi connectivity index (χ0n) is 16.6.